The Balaban J connectivity index is 2.08. The van der Waals surface area contributed by atoms with Crippen LogP contribution in [0, 0.1) is 0 Å². The Hall–Kier alpha value is -2.86. The predicted molar refractivity (Wildman–Crippen MR) is 109 cm³/mol. The topological polar surface area (TPSA) is 0 Å². The third-order valence-electron chi connectivity index (χ3n) is 4.86. The Kier molecular flexibility index (Phi) is 4.11. The van der Waals surface area contributed by atoms with E-state index in [4.69, 9.17) is 0 Å². The third kappa shape index (κ3) is 2.85. The van der Waals surface area contributed by atoms with Crippen LogP contribution in [-0.2, 0) is 0 Å². The molecule has 0 atom stereocenters. The molecule has 0 aliphatic carbocycles. The lowest BCUT2D eigenvalue weighted by Crippen LogP contribution is -1.95. The molecule has 0 amide bonds. The van der Waals surface area contributed by atoms with Gasteiger partial charge in [-0.05, 0) is 44.5 Å². The molecule has 0 aromatic heterocycles. The van der Waals surface area contributed by atoms with Crippen molar-refractivity contribution in [2.75, 3.05) is 0 Å². The SMILES string of the molecule is CC(C)c1ccc2ccccc2c1-c1ccccc1-c1ccccc1. The molecule has 0 saturated carbocycles. The number of fused-ring (bicyclic) bond motifs is 1. The second-order valence-corrected chi connectivity index (χ2v) is 6.82. The molecule has 4 aromatic rings. The highest BCUT2D eigenvalue weighted by Gasteiger charge is 2.15. The minimum atomic E-state index is 0.475. The van der Waals surface area contributed by atoms with E-state index in [2.05, 4.69) is 105 Å². The van der Waals surface area contributed by atoms with E-state index in [-0.39, 0.29) is 0 Å². The van der Waals surface area contributed by atoms with Crippen LogP contribution in [-0.4, -0.2) is 0 Å². The molecular formula is C25H22. The van der Waals surface area contributed by atoms with E-state index < -0.39 is 0 Å². The van der Waals surface area contributed by atoms with Crippen molar-refractivity contribution in [3.05, 3.63) is 96.6 Å². The fraction of sp³-hybridized carbons (Fsp3) is 0.120. The van der Waals surface area contributed by atoms with Crippen LogP contribution in [0.1, 0.15) is 25.3 Å². The number of rotatable bonds is 3. The Morgan fingerprint density at radius 1 is 0.560 bits per heavy atom. The summed E-state index contributed by atoms with van der Waals surface area (Å²) in [5.74, 6) is 0.475. The largest absolute Gasteiger partial charge is 0.0622 e. The first-order valence-electron chi connectivity index (χ1n) is 8.92. The molecule has 0 heteroatoms. The molecule has 0 heterocycles. The average Bonchev–Trinajstić information content (AvgIpc) is 2.67. The lowest BCUT2D eigenvalue weighted by atomic mass is 9.85. The van der Waals surface area contributed by atoms with Gasteiger partial charge >= 0.3 is 0 Å². The number of hydrogen-bond acceptors (Lipinski definition) is 0. The standard InChI is InChI=1S/C25H22/c1-18(2)21-17-16-20-12-6-7-14-23(20)25(21)24-15-9-8-13-22(24)19-10-4-3-5-11-19/h3-18H,1-2H3. The lowest BCUT2D eigenvalue weighted by Gasteiger charge is -2.19. The highest BCUT2D eigenvalue weighted by molar-refractivity contribution is 6.02. The Bertz CT molecular complexity index is 1010. The molecule has 0 radical (unpaired) electrons. The lowest BCUT2D eigenvalue weighted by molar-refractivity contribution is 0.871. The molecule has 0 unspecified atom stereocenters. The maximum Gasteiger partial charge on any atom is -0.00645 e. The van der Waals surface area contributed by atoms with E-state index in [9.17, 15) is 0 Å². The third-order valence-corrected chi connectivity index (χ3v) is 4.86. The normalized spacial score (nSPS) is 11.2. The van der Waals surface area contributed by atoms with E-state index in [0.29, 0.717) is 5.92 Å². The van der Waals surface area contributed by atoms with Crippen LogP contribution in [0.2, 0.25) is 0 Å². The van der Waals surface area contributed by atoms with Gasteiger partial charge < -0.3 is 0 Å². The van der Waals surface area contributed by atoms with Gasteiger partial charge in [0.15, 0.2) is 0 Å². The van der Waals surface area contributed by atoms with Crippen LogP contribution in [0.15, 0.2) is 91.0 Å². The summed E-state index contributed by atoms with van der Waals surface area (Å²) in [6.45, 7) is 4.55. The summed E-state index contributed by atoms with van der Waals surface area (Å²) in [6, 6.07) is 32.7. The van der Waals surface area contributed by atoms with Gasteiger partial charge in [-0.1, -0.05) is 105 Å². The summed E-state index contributed by atoms with van der Waals surface area (Å²) in [5, 5.41) is 2.63. The van der Waals surface area contributed by atoms with E-state index in [1.165, 1.54) is 38.6 Å². The smallest absolute Gasteiger partial charge is 0.00645 e. The van der Waals surface area contributed by atoms with E-state index >= 15 is 0 Å². The van der Waals surface area contributed by atoms with Crippen LogP contribution < -0.4 is 0 Å². The summed E-state index contributed by atoms with van der Waals surface area (Å²) in [7, 11) is 0. The highest BCUT2D eigenvalue weighted by Crippen LogP contribution is 2.40. The quantitative estimate of drug-likeness (QED) is 0.371. The Morgan fingerprint density at radius 2 is 1.20 bits per heavy atom. The van der Waals surface area contributed by atoms with Gasteiger partial charge in [0, 0.05) is 0 Å². The zero-order chi connectivity index (χ0) is 17.2. The molecule has 0 bridgehead atoms. The molecule has 122 valence electrons. The van der Waals surface area contributed by atoms with E-state index in [1.807, 2.05) is 0 Å². The van der Waals surface area contributed by atoms with Crippen molar-refractivity contribution in [3.63, 3.8) is 0 Å². The van der Waals surface area contributed by atoms with Gasteiger partial charge in [-0.15, -0.1) is 0 Å². The minimum absolute atomic E-state index is 0.475. The second-order valence-electron chi connectivity index (χ2n) is 6.82. The van der Waals surface area contributed by atoms with Gasteiger partial charge in [0.25, 0.3) is 0 Å². The maximum atomic E-state index is 2.30. The Labute approximate surface area is 149 Å². The van der Waals surface area contributed by atoms with Gasteiger partial charge in [-0.2, -0.15) is 0 Å². The molecule has 0 N–H and O–H groups in total. The fourth-order valence-electron chi connectivity index (χ4n) is 3.64. The van der Waals surface area contributed by atoms with Crippen LogP contribution >= 0.6 is 0 Å². The monoisotopic (exact) mass is 322 g/mol. The molecule has 0 nitrogen and oxygen atoms in total. The van der Waals surface area contributed by atoms with Crippen molar-refractivity contribution in [1.29, 1.82) is 0 Å². The highest BCUT2D eigenvalue weighted by atomic mass is 14.2. The van der Waals surface area contributed by atoms with Crippen molar-refractivity contribution < 1.29 is 0 Å². The first kappa shape index (κ1) is 15.7. The average molecular weight is 322 g/mol. The summed E-state index contributed by atoms with van der Waals surface area (Å²) in [4.78, 5) is 0. The summed E-state index contributed by atoms with van der Waals surface area (Å²) < 4.78 is 0. The van der Waals surface area contributed by atoms with Gasteiger partial charge in [0.2, 0.25) is 0 Å². The van der Waals surface area contributed by atoms with Gasteiger partial charge in [-0.25, -0.2) is 0 Å². The molecule has 0 spiro atoms. The first-order valence-corrected chi connectivity index (χ1v) is 8.92. The summed E-state index contributed by atoms with van der Waals surface area (Å²) >= 11 is 0. The molecule has 0 aliphatic heterocycles. The number of hydrogen-bond donors (Lipinski definition) is 0. The van der Waals surface area contributed by atoms with Crippen LogP contribution in [0.3, 0.4) is 0 Å². The van der Waals surface area contributed by atoms with E-state index in [0.717, 1.165) is 0 Å². The maximum absolute atomic E-state index is 2.30. The van der Waals surface area contributed by atoms with Gasteiger partial charge in [0.05, 0.1) is 0 Å². The fourth-order valence-corrected chi connectivity index (χ4v) is 3.64. The van der Waals surface area contributed by atoms with E-state index in [1.54, 1.807) is 0 Å². The molecule has 0 aliphatic rings. The molecule has 0 fully saturated rings. The van der Waals surface area contributed by atoms with Crippen LogP contribution in [0.4, 0.5) is 0 Å². The molecule has 4 aromatic carbocycles. The molecule has 0 saturated heterocycles. The summed E-state index contributed by atoms with van der Waals surface area (Å²) in [6.07, 6.45) is 0. The Morgan fingerprint density at radius 3 is 1.96 bits per heavy atom. The van der Waals surface area contributed by atoms with Crippen molar-refractivity contribution in [2.45, 2.75) is 19.8 Å². The minimum Gasteiger partial charge on any atom is -0.0622 e. The second kappa shape index (κ2) is 6.57. The van der Waals surface area contributed by atoms with Crippen LogP contribution in [0.5, 0.6) is 0 Å². The zero-order valence-electron chi connectivity index (χ0n) is 14.7. The molecular weight excluding hydrogens is 300 g/mol. The van der Waals surface area contributed by atoms with Crippen molar-refractivity contribution >= 4 is 10.8 Å². The first-order chi connectivity index (χ1) is 12.3. The molecule has 25 heavy (non-hydrogen) atoms. The number of benzene rings is 4. The summed E-state index contributed by atoms with van der Waals surface area (Å²) in [5.41, 5.74) is 6.64. The predicted octanol–water partition coefficient (Wildman–Crippen LogP) is 7.30. The zero-order valence-corrected chi connectivity index (χ0v) is 14.7. The molecule has 4 rings (SSSR count). The van der Waals surface area contributed by atoms with Crippen molar-refractivity contribution in [3.8, 4) is 22.3 Å². The van der Waals surface area contributed by atoms with Crippen molar-refractivity contribution in [1.82, 2.24) is 0 Å². The van der Waals surface area contributed by atoms with Gasteiger partial charge in [-0.3, -0.25) is 0 Å². The van der Waals surface area contributed by atoms with Crippen molar-refractivity contribution in [2.24, 2.45) is 0 Å². The van der Waals surface area contributed by atoms with Crippen LogP contribution in [0.25, 0.3) is 33.0 Å². The van der Waals surface area contributed by atoms with Gasteiger partial charge in [0.1, 0.15) is 0 Å².